The van der Waals surface area contributed by atoms with Gasteiger partial charge in [-0.25, -0.2) is 18.9 Å². The number of amides is 1. The summed E-state index contributed by atoms with van der Waals surface area (Å²) < 4.78 is 23.3. The van der Waals surface area contributed by atoms with Gasteiger partial charge in [-0.3, -0.25) is 10.0 Å². The molecule has 1 fully saturated rings. The fourth-order valence-electron chi connectivity index (χ4n) is 2.95. The maximum Gasteiger partial charge on any atom is 0.264 e. The Bertz CT molecular complexity index is 1200. The minimum atomic E-state index is -3.74. The third-order valence-electron chi connectivity index (χ3n) is 5.33. The largest absolute Gasteiger partial charge is 0.396 e. The zero-order chi connectivity index (χ0) is 21.9. The van der Waals surface area contributed by atoms with E-state index in [2.05, 4.69) is 28.7 Å². The van der Waals surface area contributed by atoms with Crippen LogP contribution in [0.15, 0.2) is 18.2 Å². The molecule has 0 bridgehead atoms. The van der Waals surface area contributed by atoms with Gasteiger partial charge in [-0.05, 0) is 55.7 Å². The van der Waals surface area contributed by atoms with Crippen LogP contribution >= 0.6 is 11.3 Å². The summed E-state index contributed by atoms with van der Waals surface area (Å²) in [5.41, 5.74) is 3.01. The number of thiazole rings is 1. The van der Waals surface area contributed by atoms with E-state index in [0.717, 1.165) is 28.5 Å². The van der Waals surface area contributed by atoms with Crippen LogP contribution in [0, 0.1) is 35.5 Å². The number of aryl methyl sites for hydroxylation is 1. The molecule has 1 unspecified atom stereocenters. The van der Waals surface area contributed by atoms with Gasteiger partial charge >= 0.3 is 0 Å². The standard InChI is InChI=1S/C21H22N2O5S2/c1-21(20(25)23-26,30(2,27)28)10-9-19-22-17-8-7-14(11-18(17)29-19)5-3-4-6-15-12-16(15)13-24/h7-8,11,15-16,24,26H,9-10,12-13H2,1-2H3,(H,23,25)/t15-,16+,21?/m0/s1. The molecule has 3 atom stereocenters. The van der Waals surface area contributed by atoms with Crippen molar-refractivity contribution in [1.82, 2.24) is 10.5 Å². The number of nitrogens with one attached hydrogen (secondary N) is 1. The Hall–Kier alpha value is -2.43. The summed E-state index contributed by atoms with van der Waals surface area (Å²) in [5.74, 6) is 11.3. The topological polar surface area (TPSA) is 117 Å². The Kier molecular flexibility index (Phi) is 6.49. The molecule has 9 heteroatoms. The minimum Gasteiger partial charge on any atom is -0.396 e. The van der Waals surface area contributed by atoms with Crippen LogP contribution in [0.4, 0.5) is 0 Å². The van der Waals surface area contributed by atoms with Crippen LogP contribution in [0.25, 0.3) is 10.2 Å². The van der Waals surface area contributed by atoms with Crippen molar-refractivity contribution in [2.45, 2.75) is 30.9 Å². The van der Waals surface area contributed by atoms with Crippen LogP contribution in [-0.2, 0) is 21.1 Å². The van der Waals surface area contributed by atoms with Gasteiger partial charge in [-0.15, -0.1) is 11.3 Å². The van der Waals surface area contributed by atoms with E-state index in [9.17, 15) is 13.2 Å². The number of aromatic nitrogens is 1. The Balaban J connectivity index is 1.72. The van der Waals surface area contributed by atoms with Gasteiger partial charge in [-0.2, -0.15) is 0 Å². The summed E-state index contributed by atoms with van der Waals surface area (Å²) in [7, 11) is -3.74. The van der Waals surface area contributed by atoms with Crippen LogP contribution < -0.4 is 5.48 Å². The Labute approximate surface area is 179 Å². The third kappa shape index (κ3) is 4.82. The van der Waals surface area contributed by atoms with Crippen molar-refractivity contribution in [3.8, 4) is 23.7 Å². The first-order valence-corrected chi connectivity index (χ1v) is 12.0. The number of carbonyl (C=O) groups excluding carboxylic acids is 1. The van der Waals surface area contributed by atoms with Crippen LogP contribution in [-0.4, -0.2) is 47.2 Å². The van der Waals surface area contributed by atoms with Crippen molar-refractivity contribution in [2.24, 2.45) is 11.8 Å². The number of sulfone groups is 1. The maximum absolute atomic E-state index is 12.1. The summed E-state index contributed by atoms with van der Waals surface area (Å²) in [6.45, 7) is 1.46. The SMILES string of the molecule is CC(CCc1nc2ccc(C#CC#C[C@H]3C[C@@H]3CO)cc2s1)(C(=O)NO)S(C)(=O)=O. The van der Waals surface area contributed by atoms with Crippen molar-refractivity contribution >= 4 is 37.3 Å². The molecular weight excluding hydrogens is 424 g/mol. The predicted octanol–water partition coefficient (Wildman–Crippen LogP) is 1.52. The van der Waals surface area contributed by atoms with E-state index < -0.39 is 20.5 Å². The zero-order valence-corrected chi connectivity index (χ0v) is 18.2. The molecule has 7 nitrogen and oxygen atoms in total. The van der Waals surface area contributed by atoms with Crippen molar-refractivity contribution in [1.29, 1.82) is 0 Å². The number of fused-ring (bicyclic) bond motifs is 1. The van der Waals surface area contributed by atoms with E-state index in [-0.39, 0.29) is 25.4 Å². The Morgan fingerprint density at radius 3 is 2.80 bits per heavy atom. The quantitative estimate of drug-likeness (QED) is 0.352. The first-order chi connectivity index (χ1) is 14.2. The Morgan fingerprint density at radius 2 is 2.17 bits per heavy atom. The molecular formula is C21H22N2O5S2. The van der Waals surface area contributed by atoms with Gasteiger partial charge in [0.1, 0.15) is 4.75 Å². The lowest BCUT2D eigenvalue weighted by atomic mass is 10.0. The van der Waals surface area contributed by atoms with Gasteiger partial charge in [0.25, 0.3) is 5.91 Å². The van der Waals surface area contributed by atoms with E-state index in [4.69, 9.17) is 10.3 Å². The van der Waals surface area contributed by atoms with E-state index in [1.54, 1.807) is 0 Å². The average molecular weight is 447 g/mol. The predicted molar refractivity (Wildman–Crippen MR) is 114 cm³/mol. The molecule has 158 valence electrons. The number of nitrogens with zero attached hydrogens (tertiary/aromatic N) is 1. The van der Waals surface area contributed by atoms with E-state index in [1.807, 2.05) is 18.2 Å². The second kappa shape index (κ2) is 8.75. The smallest absolute Gasteiger partial charge is 0.264 e. The number of hydrogen-bond acceptors (Lipinski definition) is 7. The number of hydrogen-bond donors (Lipinski definition) is 3. The fourth-order valence-corrected chi connectivity index (χ4v) is 4.81. The number of carbonyl (C=O) groups is 1. The van der Waals surface area contributed by atoms with Gasteiger partial charge in [-0.1, -0.05) is 11.8 Å². The number of hydroxylamine groups is 1. The fraction of sp³-hybridized carbons (Fsp3) is 0.429. The van der Waals surface area contributed by atoms with Gasteiger partial charge in [0.15, 0.2) is 9.84 Å². The first kappa shape index (κ1) is 22.3. The zero-order valence-electron chi connectivity index (χ0n) is 16.6. The van der Waals surface area contributed by atoms with Crippen molar-refractivity contribution < 1.29 is 23.5 Å². The van der Waals surface area contributed by atoms with Crippen LogP contribution in [0.3, 0.4) is 0 Å². The van der Waals surface area contributed by atoms with Gasteiger partial charge < -0.3 is 5.11 Å². The average Bonchev–Trinajstić information content (AvgIpc) is 3.35. The Morgan fingerprint density at radius 1 is 1.40 bits per heavy atom. The van der Waals surface area contributed by atoms with Gasteiger partial charge in [0, 0.05) is 30.8 Å². The lowest BCUT2D eigenvalue weighted by Crippen LogP contribution is -2.49. The first-order valence-electron chi connectivity index (χ1n) is 9.34. The number of rotatable bonds is 6. The third-order valence-corrected chi connectivity index (χ3v) is 8.44. The lowest BCUT2D eigenvalue weighted by molar-refractivity contribution is -0.131. The maximum atomic E-state index is 12.1. The molecule has 3 N–H and O–H groups in total. The molecule has 3 rings (SSSR count). The molecule has 1 aliphatic carbocycles. The molecule has 0 spiro atoms. The van der Waals surface area contributed by atoms with E-state index in [1.165, 1.54) is 23.7 Å². The van der Waals surface area contributed by atoms with Crippen LogP contribution in [0.1, 0.15) is 30.3 Å². The van der Waals surface area contributed by atoms with E-state index in [0.29, 0.717) is 10.9 Å². The number of aliphatic hydroxyl groups is 1. The van der Waals surface area contributed by atoms with Gasteiger partial charge in [0.2, 0.25) is 0 Å². The summed E-state index contributed by atoms with van der Waals surface area (Å²) in [6.07, 6.45) is 2.17. The molecule has 1 aliphatic rings. The molecule has 30 heavy (non-hydrogen) atoms. The summed E-state index contributed by atoms with van der Waals surface area (Å²) >= 11 is 1.41. The number of aliphatic hydroxyl groups excluding tert-OH is 1. The highest BCUT2D eigenvalue weighted by molar-refractivity contribution is 7.92. The molecule has 0 saturated heterocycles. The highest BCUT2D eigenvalue weighted by Gasteiger charge is 2.43. The molecule has 1 saturated carbocycles. The molecule has 1 amide bonds. The van der Waals surface area contributed by atoms with Crippen LogP contribution in [0.5, 0.6) is 0 Å². The molecule has 0 aliphatic heterocycles. The molecule has 1 aromatic heterocycles. The monoisotopic (exact) mass is 446 g/mol. The lowest BCUT2D eigenvalue weighted by Gasteiger charge is -2.24. The summed E-state index contributed by atoms with van der Waals surface area (Å²) in [5, 5.41) is 18.6. The van der Waals surface area contributed by atoms with Crippen LogP contribution in [0.2, 0.25) is 0 Å². The summed E-state index contributed by atoms with van der Waals surface area (Å²) in [4.78, 5) is 16.4. The molecule has 0 radical (unpaired) electrons. The molecule has 1 aromatic carbocycles. The van der Waals surface area contributed by atoms with Crippen molar-refractivity contribution in [3.05, 3.63) is 28.8 Å². The highest BCUT2D eigenvalue weighted by Crippen LogP contribution is 2.36. The van der Waals surface area contributed by atoms with Crippen molar-refractivity contribution in [2.75, 3.05) is 12.9 Å². The second-order valence-corrected chi connectivity index (χ2v) is 11.1. The molecule has 2 aromatic rings. The number of benzene rings is 1. The highest BCUT2D eigenvalue weighted by atomic mass is 32.2. The second-order valence-electron chi connectivity index (χ2n) is 7.54. The van der Waals surface area contributed by atoms with E-state index >= 15 is 0 Å². The molecule has 1 heterocycles. The normalized spacial score (nSPS) is 19.7. The van der Waals surface area contributed by atoms with Crippen molar-refractivity contribution in [3.63, 3.8) is 0 Å². The minimum absolute atomic E-state index is 0.00367. The van der Waals surface area contributed by atoms with Gasteiger partial charge in [0.05, 0.1) is 15.2 Å². The summed E-state index contributed by atoms with van der Waals surface area (Å²) in [6, 6.07) is 5.58.